The Kier molecular flexibility index (Phi) is 3.97. The lowest BCUT2D eigenvalue weighted by molar-refractivity contribution is 0.0226. The molecule has 2 aliphatic heterocycles. The monoisotopic (exact) mass is 378 g/mol. The van der Waals surface area contributed by atoms with Gasteiger partial charge in [0.25, 0.3) is 5.91 Å². The van der Waals surface area contributed by atoms with Gasteiger partial charge in [0.15, 0.2) is 0 Å². The van der Waals surface area contributed by atoms with Crippen molar-refractivity contribution in [1.82, 2.24) is 40.0 Å². The molecule has 1 aromatic carbocycles. The van der Waals surface area contributed by atoms with E-state index in [1.807, 2.05) is 29.2 Å². The maximum Gasteiger partial charge on any atom is 0.253 e. The number of hydrogen-bond donors (Lipinski definition) is 1. The highest BCUT2D eigenvalue weighted by atomic mass is 16.2. The van der Waals surface area contributed by atoms with Crippen LogP contribution in [0, 0.1) is 0 Å². The van der Waals surface area contributed by atoms with Gasteiger partial charge in [-0.3, -0.25) is 9.69 Å². The Morgan fingerprint density at radius 1 is 1.14 bits per heavy atom. The van der Waals surface area contributed by atoms with Crippen LogP contribution in [0.25, 0.3) is 5.69 Å². The van der Waals surface area contributed by atoms with E-state index in [1.165, 1.54) is 17.7 Å². The summed E-state index contributed by atoms with van der Waals surface area (Å²) in [5.41, 5.74) is 3.86. The number of imidazole rings is 1. The summed E-state index contributed by atoms with van der Waals surface area (Å²) in [5, 5.41) is 11.1. The number of likely N-dealkylation sites (tertiary alicyclic amines) is 1. The van der Waals surface area contributed by atoms with E-state index in [2.05, 4.69) is 37.4 Å². The summed E-state index contributed by atoms with van der Waals surface area (Å²) in [7, 11) is 2.17. The van der Waals surface area contributed by atoms with Crippen molar-refractivity contribution in [2.45, 2.75) is 24.8 Å². The van der Waals surface area contributed by atoms with Crippen LogP contribution < -0.4 is 0 Å². The van der Waals surface area contributed by atoms with Crippen LogP contribution in [0.15, 0.2) is 36.9 Å². The fourth-order valence-corrected chi connectivity index (χ4v) is 4.50. The molecule has 0 unspecified atom stereocenters. The first-order valence-corrected chi connectivity index (χ1v) is 9.54. The number of tetrazole rings is 1. The number of piperidine rings is 1. The van der Waals surface area contributed by atoms with Crippen molar-refractivity contribution in [1.29, 1.82) is 0 Å². The summed E-state index contributed by atoms with van der Waals surface area (Å²) in [6.07, 6.45) is 6.13. The molecule has 28 heavy (non-hydrogen) atoms. The van der Waals surface area contributed by atoms with Crippen molar-refractivity contribution >= 4 is 5.91 Å². The molecule has 0 aliphatic carbocycles. The molecular weight excluding hydrogens is 356 g/mol. The van der Waals surface area contributed by atoms with E-state index in [1.54, 1.807) is 11.0 Å². The van der Waals surface area contributed by atoms with Crippen LogP contribution in [-0.2, 0) is 12.0 Å². The number of carbonyl (C=O) groups is 1. The molecule has 2 aliphatic rings. The van der Waals surface area contributed by atoms with Crippen molar-refractivity contribution in [3.63, 3.8) is 0 Å². The summed E-state index contributed by atoms with van der Waals surface area (Å²) < 4.78 is 1.57. The Hall–Kier alpha value is -3.07. The molecule has 0 saturated carbocycles. The average Bonchev–Trinajstić information content (AvgIpc) is 3.43. The van der Waals surface area contributed by atoms with E-state index in [0.717, 1.165) is 44.6 Å². The summed E-state index contributed by atoms with van der Waals surface area (Å²) in [4.78, 5) is 25.3. The van der Waals surface area contributed by atoms with E-state index in [9.17, 15) is 4.79 Å². The average molecular weight is 378 g/mol. The first-order valence-electron chi connectivity index (χ1n) is 9.54. The highest BCUT2D eigenvalue weighted by Gasteiger charge is 2.45. The lowest BCUT2D eigenvalue weighted by atomic mass is 9.79. The largest absolute Gasteiger partial charge is 0.348 e. The molecule has 1 spiro atoms. The molecule has 3 aromatic rings. The van der Waals surface area contributed by atoms with Gasteiger partial charge in [0.2, 0.25) is 0 Å². The second kappa shape index (κ2) is 6.52. The Morgan fingerprint density at radius 3 is 2.64 bits per heavy atom. The number of rotatable bonds is 2. The minimum absolute atomic E-state index is 0.0612. The number of nitrogens with one attached hydrogen (secondary N) is 1. The summed E-state index contributed by atoms with van der Waals surface area (Å²) >= 11 is 0. The quantitative estimate of drug-likeness (QED) is 0.715. The maximum absolute atomic E-state index is 13.0. The SMILES string of the molecule is CN1CCc2[nH]cnc2C12CCN(C(=O)c1ccc(-n3cnnn3)cc1)CC2. The van der Waals surface area contributed by atoms with Gasteiger partial charge in [0.1, 0.15) is 6.33 Å². The fraction of sp³-hybridized carbons (Fsp3) is 0.421. The highest BCUT2D eigenvalue weighted by Crippen LogP contribution is 2.41. The van der Waals surface area contributed by atoms with Gasteiger partial charge in [-0.05, 0) is 54.6 Å². The number of carbonyl (C=O) groups excluding carboxylic acids is 1. The second-order valence-electron chi connectivity index (χ2n) is 7.53. The van der Waals surface area contributed by atoms with Crippen LogP contribution in [-0.4, -0.2) is 72.6 Å². The lowest BCUT2D eigenvalue weighted by Gasteiger charge is -2.49. The van der Waals surface area contributed by atoms with E-state index in [4.69, 9.17) is 0 Å². The van der Waals surface area contributed by atoms with Gasteiger partial charge in [0, 0.05) is 37.3 Å². The van der Waals surface area contributed by atoms with Crippen molar-refractivity contribution in [3.8, 4) is 5.69 Å². The number of H-pyrrole nitrogens is 1. The molecule has 4 heterocycles. The third-order valence-corrected chi connectivity index (χ3v) is 6.19. The number of hydrogen-bond acceptors (Lipinski definition) is 6. The summed E-state index contributed by atoms with van der Waals surface area (Å²) in [6.45, 7) is 2.47. The molecule has 0 bridgehead atoms. The van der Waals surface area contributed by atoms with Crippen molar-refractivity contribution in [3.05, 3.63) is 53.9 Å². The standard InChI is InChI=1S/C19H22N8O/c1-25-9-6-16-17(21-12-20-16)19(25)7-10-26(11-8-19)18(28)14-2-4-15(5-3-14)27-13-22-23-24-27/h2-5,12-13H,6-11H2,1H3,(H,20,21). The van der Waals surface area contributed by atoms with Gasteiger partial charge in [-0.1, -0.05) is 0 Å². The number of nitrogens with zero attached hydrogens (tertiary/aromatic N) is 7. The fourth-order valence-electron chi connectivity index (χ4n) is 4.50. The Morgan fingerprint density at radius 2 is 1.93 bits per heavy atom. The first kappa shape index (κ1) is 17.1. The number of amides is 1. The van der Waals surface area contributed by atoms with Crippen molar-refractivity contribution in [2.75, 3.05) is 26.7 Å². The molecule has 1 saturated heterocycles. The zero-order valence-corrected chi connectivity index (χ0v) is 15.7. The third-order valence-electron chi connectivity index (χ3n) is 6.19. The van der Waals surface area contributed by atoms with E-state index in [0.29, 0.717) is 5.56 Å². The maximum atomic E-state index is 13.0. The van der Waals surface area contributed by atoms with Gasteiger partial charge < -0.3 is 9.88 Å². The van der Waals surface area contributed by atoms with Crippen molar-refractivity contribution < 1.29 is 4.79 Å². The van der Waals surface area contributed by atoms with Gasteiger partial charge >= 0.3 is 0 Å². The molecule has 1 N–H and O–H groups in total. The number of likely N-dealkylation sites (N-methyl/N-ethyl adjacent to an activating group) is 1. The molecule has 5 rings (SSSR count). The van der Waals surface area contributed by atoms with Gasteiger partial charge in [-0.15, -0.1) is 5.10 Å². The molecule has 1 amide bonds. The van der Waals surface area contributed by atoms with E-state index in [-0.39, 0.29) is 11.4 Å². The van der Waals surface area contributed by atoms with Crippen LogP contribution in [0.3, 0.4) is 0 Å². The van der Waals surface area contributed by atoms with Gasteiger partial charge in [-0.25, -0.2) is 9.67 Å². The molecule has 1 fully saturated rings. The molecule has 9 heteroatoms. The van der Waals surface area contributed by atoms with Crippen LogP contribution in [0.1, 0.15) is 34.6 Å². The number of aromatic amines is 1. The normalized spacial score (nSPS) is 19.0. The Bertz CT molecular complexity index is 970. The number of fused-ring (bicyclic) bond motifs is 2. The Balaban J connectivity index is 1.31. The molecule has 2 aromatic heterocycles. The van der Waals surface area contributed by atoms with Crippen LogP contribution in [0.4, 0.5) is 0 Å². The predicted molar refractivity (Wildman–Crippen MR) is 101 cm³/mol. The molecule has 0 radical (unpaired) electrons. The zero-order valence-electron chi connectivity index (χ0n) is 15.7. The minimum atomic E-state index is -0.0612. The lowest BCUT2D eigenvalue weighted by Crippen LogP contribution is -2.55. The predicted octanol–water partition coefficient (Wildman–Crippen LogP) is 1.00. The van der Waals surface area contributed by atoms with E-state index >= 15 is 0 Å². The molecule has 9 nitrogen and oxygen atoms in total. The second-order valence-corrected chi connectivity index (χ2v) is 7.53. The van der Waals surface area contributed by atoms with Crippen molar-refractivity contribution in [2.24, 2.45) is 0 Å². The Labute approximate surface area is 162 Å². The minimum Gasteiger partial charge on any atom is -0.348 e. The summed E-state index contributed by atoms with van der Waals surface area (Å²) in [6, 6.07) is 7.39. The van der Waals surface area contributed by atoms with Gasteiger partial charge in [-0.2, -0.15) is 0 Å². The van der Waals surface area contributed by atoms with Crippen LogP contribution in [0.2, 0.25) is 0 Å². The third kappa shape index (κ3) is 2.62. The molecular formula is C19H22N8O. The smallest absolute Gasteiger partial charge is 0.253 e. The molecule has 144 valence electrons. The van der Waals surface area contributed by atoms with Gasteiger partial charge in [0.05, 0.1) is 23.2 Å². The van der Waals surface area contributed by atoms with Crippen LogP contribution >= 0.6 is 0 Å². The highest BCUT2D eigenvalue weighted by molar-refractivity contribution is 5.94. The number of benzene rings is 1. The summed E-state index contributed by atoms with van der Waals surface area (Å²) in [5.74, 6) is 0.0684. The topological polar surface area (TPSA) is 95.8 Å². The van der Waals surface area contributed by atoms with Crippen LogP contribution in [0.5, 0.6) is 0 Å². The molecule has 0 atom stereocenters. The zero-order chi connectivity index (χ0) is 19.1. The van der Waals surface area contributed by atoms with E-state index < -0.39 is 0 Å². The number of aromatic nitrogens is 6. The first-order chi connectivity index (χ1) is 13.7.